The van der Waals surface area contributed by atoms with Crippen molar-refractivity contribution < 1.29 is 10.2 Å². The topological polar surface area (TPSA) is 64.2 Å². The Morgan fingerprint density at radius 1 is 1.44 bits per heavy atom. The maximum Gasteiger partial charge on any atom is 0.105 e. The number of aliphatic hydroxyl groups is 2. The van der Waals surface area contributed by atoms with E-state index < -0.39 is 12.2 Å². The van der Waals surface area contributed by atoms with Gasteiger partial charge in [-0.3, -0.25) is 0 Å². The lowest BCUT2D eigenvalue weighted by Crippen LogP contribution is -2.19. The van der Waals surface area contributed by atoms with Crippen LogP contribution in [0.2, 0.25) is 0 Å². The Balaban J connectivity index is 3.00. The third-order valence-electron chi connectivity index (χ3n) is 2.58. The van der Waals surface area contributed by atoms with Gasteiger partial charge in [-0.2, -0.15) is 5.26 Å². The van der Waals surface area contributed by atoms with Gasteiger partial charge in [0.25, 0.3) is 0 Å². The van der Waals surface area contributed by atoms with Crippen LogP contribution in [0.4, 0.5) is 0 Å². The Kier molecular flexibility index (Phi) is 4.75. The maximum absolute atomic E-state index is 9.90. The second kappa shape index (κ2) is 5.86. The van der Waals surface area contributed by atoms with Gasteiger partial charge in [0.05, 0.1) is 17.7 Å². The Morgan fingerprint density at radius 2 is 2.12 bits per heavy atom. The fourth-order valence-electron chi connectivity index (χ4n) is 1.57. The molecule has 86 valence electrons. The van der Waals surface area contributed by atoms with Crippen LogP contribution in [0.3, 0.4) is 0 Å². The molecular formula is C12H14ClNO2. The number of nitriles is 1. The smallest absolute Gasteiger partial charge is 0.105 e. The molecule has 2 N–H and O–H groups in total. The highest BCUT2D eigenvalue weighted by molar-refractivity contribution is 6.17. The van der Waals surface area contributed by atoms with Gasteiger partial charge in [0.15, 0.2) is 0 Å². The minimum Gasteiger partial charge on any atom is -0.390 e. The van der Waals surface area contributed by atoms with E-state index in [4.69, 9.17) is 16.9 Å². The average Bonchev–Trinajstić information content (AvgIpc) is 2.29. The SMILES string of the molecule is Cc1c(C#N)cccc1C(O)C(O)CCCl. The number of aliphatic hydroxyl groups excluding tert-OH is 2. The maximum atomic E-state index is 9.90. The molecule has 4 heteroatoms. The molecule has 3 nitrogen and oxygen atoms in total. The quantitative estimate of drug-likeness (QED) is 0.789. The number of benzene rings is 1. The first kappa shape index (κ1) is 13.0. The minimum absolute atomic E-state index is 0.287. The molecule has 0 fully saturated rings. The monoisotopic (exact) mass is 239 g/mol. The minimum atomic E-state index is -0.993. The summed E-state index contributed by atoms with van der Waals surface area (Å²) in [5, 5.41) is 28.4. The summed E-state index contributed by atoms with van der Waals surface area (Å²) >= 11 is 5.50. The van der Waals surface area contributed by atoms with Crippen molar-refractivity contribution in [2.45, 2.75) is 25.6 Å². The van der Waals surface area contributed by atoms with Crippen LogP contribution in [0, 0.1) is 18.3 Å². The van der Waals surface area contributed by atoms with Gasteiger partial charge in [0.2, 0.25) is 0 Å². The fraction of sp³-hybridized carbons (Fsp3) is 0.417. The van der Waals surface area contributed by atoms with Crippen molar-refractivity contribution >= 4 is 11.6 Å². The molecule has 2 atom stereocenters. The normalized spacial score (nSPS) is 14.2. The van der Waals surface area contributed by atoms with E-state index in [0.29, 0.717) is 23.1 Å². The molecule has 2 unspecified atom stereocenters. The summed E-state index contributed by atoms with van der Waals surface area (Å²) in [6.07, 6.45) is -1.57. The van der Waals surface area contributed by atoms with E-state index in [1.54, 1.807) is 25.1 Å². The Bertz CT molecular complexity index is 400. The summed E-state index contributed by atoms with van der Waals surface area (Å²) in [6.45, 7) is 1.75. The van der Waals surface area contributed by atoms with Crippen LogP contribution >= 0.6 is 11.6 Å². The van der Waals surface area contributed by atoms with Crippen molar-refractivity contribution in [2.24, 2.45) is 0 Å². The van der Waals surface area contributed by atoms with Crippen LogP contribution in [0.5, 0.6) is 0 Å². The standard InChI is InChI=1S/C12H14ClNO2/c1-8-9(7-14)3-2-4-10(8)12(16)11(15)5-6-13/h2-4,11-12,15-16H,5-6H2,1H3. The number of nitrogens with zero attached hydrogens (tertiary/aromatic N) is 1. The van der Waals surface area contributed by atoms with E-state index in [2.05, 4.69) is 0 Å². The van der Waals surface area contributed by atoms with E-state index in [0.717, 1.165) is 0 Å². The molecule has 0 saturated carbocycles. The second-order valence-corrected chi connectivity index (χ2v) is 4.00. The molecule has 0 bridgehead atoms. The zero-order valence-electron chi connectivity index (χ0n) is 9.02. The number of rotatable bonds is 4. The molecule has 1 aromatic carbocycles. The van der Waals surface area contributed by atoms with E-state index in [-0.39, 0.29) is 5.88 Å². The van der Waals surface area contributed by atoms with Crippen LogP contribution in [0.25, 0.3) is 0 Å². The summed E-state index contributed by atoms with van der Waals surface area (Å²) in [4.78, 5) is 0. The summed E-state index contributed by atoms with van der Waals surface area (Å²) in [6, 6.07) is 7.12. The highest BCUT2D eigenvalue weighted by Crippen LogP contribution is 2.24. The molecule has 0 heterocycles. The summed E-state index contributed by atoms with van der Waals surface area (Å²) in [5.74, 6) is 0.287. The first-order valence-electron chi connectivity index (χ1n) is 5.03. The Morgan fingerprint density at radius 3 is 2.69 bits per heavy atom. The molecule has 1 aromatic rings. The molecule has 16 heavy (non-hydrogen) atoms. The van der Waals surface area contributed by atoms with Gasteiger partial charge in [0, 0.05) is 5.88 Å². The van der Waals surface area contributed by atoms with Crippen LogP contribution < -0.4 is 0 Å². The van der Waals surface area contributed by atoms with Crippen molar-refractivity contribution in [3.05, 3.63) is 34.9 Å². The van der Waals surface area contributed by atoms with E-state index >= 15 is 0 Å². The van der Waals surface area contributed by atoms with E-state index in [1.165, 1.54) is 0 Å². The molecule has 0 aliphatic carbocycles. The van der Waals surface area contributed by atoms with Crippen molar-refractivity contribution in [2.75, 3.05) is 5.88 Å². The van der Waals surface area contributed by atoms with Crippen molar-refractivity contribution in [3.8, 4) is 6.07 Å². The predicted octanol–water partition coefficient (Wildman–Crippen LogP) is 1.89. The fourth-order valence-corrected chi connectivity index (χ4v) is 1.80. The first-order valence-corrected chi connectivity index (χ1v) is 5.57. The molecule has 0 radical (unpaired) electrons. The van der Waals surface area contributed by atoms with E-state index in [1.807, 2.05) is 6.07 Å². The third kappa shape index (κ3) is 2.73. The molecule has 0 aliphatic heterocycles. The molecular weight excluding hydrogens is 226 g/mol. The first-order chi connectivity index (χ1) is 7.61. The van der Waals surface area contributed by atoms with Crippen LogP contribution in [-0.4, -0.2) is 22.2 Å². The zero-order valence-corrected chi connectivity index (χ0v) is 9.78. The average molecular weight is 240 g/mol. The lowest BCUT2D eigenvalue weighted by Gasteiger charge is -2.19. The molecule has 0 spiro atoms. The zero-order chi connectivity index (χ0) is 12.1. The summed E-state index contributed by atoms with van der Waals surface area (Å²) in [7, 11) is 0. The summed E-state index contributed by atoms with van der Waals surface area (Å²) in [5.41, 5.74) is 1.79. The molecule has 0 amide bonds. The molecule has 0 saturated heterocycles. The largest absolute Gasteiger partial charge is 0.390 e. The van der Waals surface area contributed by atoms with Gasteiger partial charge in [-0.25, -0.2) is 0 Å². The highest BCUT2D eigenvalue weighted by atomic mass is 35.5. The lowest BCUT2D eigenvalue weighted by atomic mass is 9.95. The van der Waals surface area contributed by atoms with E-state index in [9.17, 15) is 10.2 Å². The second-order valence-electron chi connectivity index (χ2n) is 3.62. The Labute approximate surface area is 99.9 Å². The van der Waals surface area contributed by atoms with Gasteiger partial charge in [-0.05, 0) is 30.5 Å². The molecule has 0 aliphatic rings. The van der Waals surface area contributed by atoms with Gasteiger partial charge >= 0.3 is 0 Å². The van der Waals surface area contributed by atoms with Crippen molar-refractivity contribution in [3.63, 3.8) is 0 Å². The number of hydrogen-bond donors (Lipinski definition) is 2. The van der Waals surface area contributed by atoms with Gasteiger partial charge in [-0.1, -0.05) is 12.1 Å². The Hall–Kier alpha value is -1.08. The van der Waals surface area contributed by atoms with Gasteiger partial charge in [-0.15, -0.1) is 11.6 Å². The predicted molar refractivity (Wildman–Crippen MR) is 62.2 cm³/mol. The molecule has 1 rings (SSSR count). The van der Waals surface area contributed by atoms with Crippen LogP contribution in [-0.2, 0) is 0 Å². The van der Waals surface area contributed by atoms with Crippen LogP contribution in [0.1, 0.15) is 29.2 Å². The van der Waals surface area contributed by atoms with Crippen molar-refractivity contribution in [1.82, 2.24) is 0 Å². The van der Waals surface area contributed by atoms with Crippen LogP contribution in [0.15, 0.2) is 18.2 Å². The number of alkyl halides is 1. The number of hydrogen-bond acceptors (Lipinski definition) is 3. The van der Waals surface area contributed by atoms with Gasteiger partial charge < -0.3 is 10.2 Å². The summed E-state index contributed by atoms with van der Waals surface area (Å²) < 4.78 is 0. The van der Waals surface area contributed by atoms with Crippen molar-refractivity contribution in [1.29, 1.82) is 5.26 Å². The third-order valence-corrected chi connectivity index (χ3v) is 2.80. The highest BCUT2D eigenvalue weighted by Gasteiger charge is 2.20. The lowest BCUT2D eigenvalue weighted by molar-refractivity contribution is 0.0166. The van der Waals surface area contributed by atoms with Gasteiger partial charge in [0.1, 0.15) is 6.10 Å². The molecule has 0 aromatic heterocycles. The number of halogens is 1.